The fourth-order valence-electron chi connectivity index (χ4n) is 4.49. The summed E-state index contributed by atoms with van der Waals surface area (Å²) in [5.74, 6) is 1.54. The molecule has 0 unspecified atom stereocenters. The number of fused-ring (bicyclic) bond motifs is 1. The molecule has 2 atom stereocenters. The number of hydrogen-bond donors (Lipinski definition) is 2. The van der Waals surface area contributed by atoms with Crippen LogP contribution in [0.5, 0.6) is 11.5 Å². The van der Waals surface area contributed by atoms with Crippen LogP contribution in [-0.2, 0) is 7.05 Å². The van der Waals surface area contributed by atoms with Gasteiger partial charge in [-0.2, -0.15) is 5.10 Å². The molecule has 0 amide bonds. The normalized spacial score (nSPS) is 18.6. The van der Waals surface area contributed by atoms with Gasteiger partial charge in [0.25, 0.3) is 0 Å². The van der Waals surface area contributed by atoms with E-state index >= 15 is 0 Å². The smallest absolute Gasteiger partial charge is 0.151 e. The Balaban J connectivity index is 1.43. The van der Waals surface area contributed by atoms with Crippen molar-refractivity contribution in [3.8, 4) is 34.0 Å². The highest BCUT2D eigenvalue weighted by Gasteiger charge is 2.22. The SMILES string of the molecule is COc1cc(-c2cnc(-c3ccc(N4C[C@@H](C)N[C@@H](C)C4)nn3)c(O)c2)cc2cn(C)nc12. The Kier molecular flexibility index (Phi) is 5.33. The molecule has 2 N–H and O–H groups in total. The number of aromatic hydroxyl groups is 1. The average Bonchev–Trinajstić information content (AvgIpc) is 3.18. The van der Waals surface area contributed by atoms with Crippen LogP contribution in [0.25, 0.3) is 33.4 Å². The zero-order chi connectivity index (χ0) is 23.1. The van der Waals surface area contributed by atoms with Gasteiger partial charge in [-0.1, -0.05) is 0 Å². The van der Waals surface area contributed by atoms with Crippen molar-refractivity contribution in [1.82, 2.24) is 30.3 Å². The van der Waals surface area contributed by atoms with E-state index in [-0.39, 0.29) is 5.75 Å². The van der Waals surface area contributed by atoms with Gasteiger partial charge in [0.05, 0.1) is 7.11 Å². The topological polar surface area (TPSA) is 101 Å². The van der Waals surface area contributed by atoms with E-state index in [4.69, 9.17) is 4.74 Å². The molecule has 1 aliphatic heterocycles. The summed E-state index contributed by atoms with van der Waals surface area (Å²) in [5, 5.41) is 28.4. The summed E-state index contributed by atoms with van der Waals surface area (Å²) >= 11 is 0. The zero-order valence-corrected chi connectivity index (χ0v) is 19.1. The van der Waals surface area contributed by atoms with E-state index in [9.17, 15) is 5.11 Å². The lowest BCUT2D eigenvalue weighted by atomic mass is 10.0. The number of anilines is 1. The van der Waals surface area contributed by atoms with Crippen molar-refractivity contribution in [2.24, 2.45) is 7.05 Å². The van der Waals surface area contributed by atoms with Crippen LogP contribution >= 0.6 is 0 Å². The largest absolute Gasteiger partial charge is 0.506 e. The van der Waals surface area contributed by atoms with Gasteiger partial charge in [0.1, 0.15) is 28.4 Å². The number of methoxy groups -OCH3 is 1. The molecule has 0 saturated carbocycles. The van der Waals surface area contributed by atoms with Crippen LogP contribution in [0.1, 0.15) is 13.8 Å². The molecule has 9 nitrogen and oxygen atoms in total. The quantitative estimate of drug-likeness (QED) is 0.494. The molecular formula is C24H27N7O2. The van der Waals surface area contributed by atoms with Crippen LogP contribution in [0.15, 0.2) is 42.7 Å². The lowest BCUT2D eigenvalue weighted by Gasteiger charge is -2.36. The first-order valence-electron chi connectivity index (χ1n) is 11.0. The molecule has 1 fully saturated rings. The van der Waals surface area contributed by atoms with Crippen LogP contribution in [0.2, 0.25) is 0 Å². The Morgan fingerprint density at radius 3 is 2.52 bits per heavy atom. The van der Waals surface area contributed by atoms with Crippen molar-refractivity contribution in [2.75, 3.05) is 25.1 Å². The summed E-state index contributed by atoms with van der Waals surface area (Å²) in [7, 11) is 3.49. The Labute approximate surface area is 192 Å². The van der Waals surface area contributed by atoms with E-state index in [0.29, 0.717) is 29.2 Å². The highest BCUT2D eigenvalue weighted by atomic mass is 16.5. The van der Waals surface area contributed by atoms with Crippen molar-refractivity contribution >= 4 is 16.7 Å². The van der Waals surface area contributed by atoms with Crippen LogP contribution in [0, 0.1) is 0 Å². The van der Waals surface area contributed by atoms with E-state index in [0.717, 1.165) is 40.9 Å². The summed E-state index contributed by atoms with van der Waals surface area (Å²) in [6.07, 6.45) is 3.65. The molecule has 0 bridgehead atoms. The Bertz CT molecular complexity index is 1290. The molecule has 3 aromatic heterocycles. The van der Waals surface area contributed by atoms with Crippen molar-refractivity contribution in [3.63, 3.8) is 0 Å². The first-order chi connectivity index (χ1) is 15.9. The minimum absolute atomic E-state index is 0.0456. The van der Waals surface area contributed by atoms with Crippen LogP contribution in [0.3, 0.4) is 0 Å². The minimum atomic E-state index is 0.0456. The van der Waals surface area contributed by atoms with Gasteiger partial charge in [-0.05, 0) is 49.7 Å². The third-order valence-corrected chi connectivity index (χ3v) is 5.88. The van der Waals surface area contributed by atoms with Crippen molar-refractivity contribution in [2.45, 2.75) is 25.9 Å². The Morgan fingerprint density at radius 2 is 1.85 bits per heavy atom. The summed E-state index contributed by atoms with van der Waals surface area (Å²) < 4.78 is 7.27. The number of aryl methyl sites for hydroxylation is 1. The maximum Gasteiger partial charge on any atom is 0.151 e. The monoisotopic (exact) mass is 445 g/mol. The van der Waals surface area contributed by atoms with Crippen molar-refractivity contribution in [1.29, 1.82) is 0 Å². The van der Waals surface area contributed by atoms with Crippen LogP contribution in [0.4, 0.5) is 5.82 Å². The number of pyridine rings is 1. The molecule has 4 heterocycles. The number of benzene rings is 1. The molecule has 1 aliphatic rings. The fraction of sp³-hybridized carbons (Fsp3) is 0.333. The Hall–Kier alpha value is -3.72. The second-order valence-corrected chi connectivity index (χ2v) is 8.66. The van der Waals surface area contributed by atoms with Gasteiger partial charge in [-0.15, -0.1) is 10.2 Å². The molecule has 0 radical (unpaired) electrons. The number of aromatic nitrogens is 5. The molecular weight excluding hydrogens is 418 g/mol. The van der Waals surface area contributed by atoms with Crippen LogP contribution in [-0.4, -0.2) is 62.4 Å². The van der Waals surface area contributed by atoms with Gasteiger partial charge >= 0.3 is 0 Å². The van der Waals surface area contributed by atoms with Gasteiger partial charge in [0.2, 0.25) is 0 Å². The Morgan fingerprint density at radius 1 is 1.06 bits per heavy atom. The molecule has 4 aromatic rings. The predicted octanol–water partition coefficient (Wildman–Crippen LogP) is 2.99. The first-order valence-corrected chi connectivity index (χ1v) is 11.0. The van der Waals surface area contributed by atoms with Gasteiger partial charge < -0.3 is 20.1 Å². The molecule has 5 rings (SSSR count). The van der Waals surface area contributed by atoms with Gasteiger partial charge in [-0.25, -0.2) is 4.98 Å². The number of hydrogen-bond acceptors (Lipinski definition) is 8. The lowest BCUT2D eigenvalue weighted by Crippen LogP contribution is -2.54. The first kappa shape index (κ1) is 21.1. The third kappa shape index (κ3) is 4.07. The summed E-state index contributed by atoms with van der Waals surface area (Å²) in [5.41, 5.74) is 3.37. The van der Waals surface area contributed by atoms with Gasteiger partial charge in [0.15, 0.2) is 5.82 Å². The zero-order valence-electron chi connectivity index (χ0n) is 19.1. The van der Waals surface area contributed by atoms with Gasteiger partial charge in [0, 0.05) is 55.6 Å². The second kappa shape index (κ2) is 8.32. The number of rotatable bonds is 4. The summed E-state index contributed by atoms with van der Waals surface area (Å²) in [6.45, 7) is 6.08. The lowest BCUT2D eigenvalue weighted by molar-refractivity contribution is 0.404. The fourth-order valence-corrected chi connectivity index (χ4v) is 4.49. The number of nitrogens with zero attached hydrogens (tertiary/aromatic N) is 6. The molecule has 0 spiro atoms. The molecule has 9 heteroatoms. The van der Waals surface area contributed by atoms with Gasteiger partial charge in [-0.3, -0.25) is 4.68 Å². The standard InChI is InChI=1S/C24H27N7O2/c1-14-11-31(12-15(2)26-14)22-6-5-19(27-28-22)24-20(32)8-17(10-25-24)16-7-18-13-30(3)29-23(18)21(9-16)33-4/h5-10,13-15,26,32H,11-12H2,1-4H3/t14-,15+. The van der Waals surface area contributed by atoms with E-state index < -0.39 is 0 Å². The number of nitrogens with one attached hydrogen (secondary N) is 1. The maximum atomic E-state index is 10.7. The van der Waals surface area contributed by atoms with E-state index in [2.05, 4.69) is 44.3 Å². The molecule has 0 aliphatic carbocycles. The summed E-state index contributed by atoms with van der Waals surface area (Å²) in [4.78, 5) is 6.72. The number of piperazine rings is 1. The van der Waals surface area contributed by atoms with Crippen molar-refractivity contribution in [3.05, 3.63) is 42.7 Å². The molecule has 1 aromatic carbocycles. The van der Waals surface area contributed by atoms with Crippen LogP contribution < -0.4 is 15.0 Å². The second-order valence-electron chi connectivity index (χ2n) is 8.66. The maximum absolute atomic E-state index is 10.7. The van der Waals surface area contributed by atoms with Crippen molar-refractivity contribution < 1.29 is 9.84 Å². The predicted molar refractivity (Wildman–Crippen MR) is 127 cm³/mol. The molecule has 170 valence electrons. The third-order valence-electron chi connectivity index (χ3n) is 5.88. The summed E-state index contributed by atoms with van der Waals surface area (Å²) in [6, 6.07) is 10.2. The highest BCUT2D eigenvalue weighted by Crippen LogP contribution is 2.35. The van der Waals surface area contributed by atoms with E-state index in [1.807, 2.05) is 37.5 Å². The number of ether oxygens (including phenoxy) is 1. The van der Waals surface area contributed by atoms with E-state index in [1.165, 1.54) is 0 Å². The minimum Gasteiger partial charge on any atom is -0.506 e. The highest BCUT2D eigenvalue weighted by molar-refractivity contribution is 5.90. The molecule has 1 saturated heterocycles. The molecule has 33 heavy (non-hydrogen) atoms. The van der Waals surface area contributed by atoms with E-state index in [1.54, 1.807) is 24.1 Å². The average molecular weight is 446 g/mol.